The molecule has 11 heteroatoms. The van der Waals surface area contributed by atoms with Crippen molar-refractivity contribution in [1.82, 2.24) is 10.2 Å². The summed E-state index contributed by atoms with van der Waals surface area (Å²) in [7, 11) is -3.62. The number of rotatable bonds is 13. The molecule has 0 unspecified atom stereocenters. The number of nitrogens with zero attached hydrogens (tertiary/aromatic N) is 2. The Morgan fingerprint density at radius 3 is 2.50 bits per heavy atom. The molecular weight excluding hydrogens is 574 g/mol. The fourth-order valence-electron chi connectivity index (χ4n) is 4.14. The minimum Gasteiger partial charge on any atom is -0.486 e. The van der Waals surface area contributed by atoms with E-state index in [0.29, 0.717) is 36.9 Å². The third kappa shape index (κ3) is 8.36. The number of benzene rings is 2. The number of fused-ring (bicyclic) bond motifs is 1. The van der Waals surface area contributed by atoms with E-state index in [0.717, 1.165) is 29.1 Å². The zero-order chi connectivity index (χ0) is 27.7. The minimum absolute atomic E-state index is 0.0805. The van der Waals surface area contributed by atoms with Gasteiger partial charge in [-0.3, -0.25) is 13.9 Å². The summed E-state index contributed by atoms with van der Waals surface area (Å²) < 4.78 is 38.5. The Morgan fingerprint density at radius 1 is 1.08 bits per heavy atom. The van der Waals surface area contributed by atoms with E-state index in [1.807, 2.05) is 31.2 Å². The highest BCUT2D eigenvalue weighted by atomic mass is 79.9. The Balaban J connectivity index is 1.72. The van der Waals surface area contributed by atoms with Gasteiger partial charge in [0.1, 0.15) is 19.3 Å². The highest BCUT2D eigenvalue weighted by molar-refractivity contribution is 9.10. The molecule has 1 atom stereocenters. The number of sulfonamides is 1. The molecule has 1 N–H and O–H groups in total. The lowest BCUT2D eigenvalue weighted by Crippen LogP contribution is -2.48. The van der Waals surface area contributed by atoms with Gasteiger partial charge in [0.2, 0.25) is 21.8 Å². The first-order valence-electron chi connectivity index (χ1n) is 12.8. The van der Waals surface area contributed by atoms with Crippen LogP contribution in [0.4, 0.5) is 5.69 Å². The SMILES string of the molecule is CCCCNC(=O)[C@@H](C)N(Cc1cccc(Br)c1)C(=O)CCCN(c1ccc2c(c1)OCCO2)S(C)(=O)=O. The summed E-state index contributed by atoms with van der Waals surface area (Å²) in [5.41, 5.74) is 1.33. The standard InChI is InChI=1S/C27H36BrN3O6S/c1-4-5-13-29-27(33)20(2)30(19-21-8-6-9-22(28)17-21)26(32)10-7-14-31(38(3,34)35)23-11-12-24-25(18-23)37-16-15-36-24/h6,8-9,11-12,17-18,20H,4-5,7,10,13-16,19H2,1-3H3,(H,29,33)/t20-/m1/s1. The van der Waals surface area contributed by atoms with Crippen molar-refractivity contribution in [3.8, 4) is 11.5 Å². The number of halogens is 1. The van der Waals surface area contributed by atoms with Crippen LogP contribution in [-0.4, -0.2) is 63.7 Å². The van der Waals surface area contributed by atoms with Crippen LogP contribution in [-0.2, 0) is 26.2 Å². The number of nitrogens with one attached hydrogen (secondary N) is 1. The van der Waals surface area contributed by atoms with Crippen LogP contribution in [0.15, 0.2) is 46.9 Å². The van der Waals surface area contributed by atoms with Crippen LogP contribution >= 0.6 is 15.9 Å². The number of hydrogen-bond acceptors (Lipinski definition) is 6. The normalized spacial score (nSPS) is 13.5. The molecule has 208 valence electrons. The van der Waals surface area contributed by atoms with Crippen molar-refractivity contribution in [3.63, 3.8) is 0 Å². The van der Waals surface area contributed by atoms with E-state index in [-0.39, 0.29) is 37.7 Å². The molecule has 38 heavy (non-hydrogen) atoms. The minimum atomic E-state index is -3.62. The number of hydrogen-bond donors (Lipinski definition) is 1. The molecule has 0 fully saturated rings. The maximum Gasteiger partial charge on any atom is 0.242 e. The Hall–Kier alpha value is -2.79. The van der Waals surface area contributed by atoms with Gasteiger partial charge in [-0.25, -0.2) is 8.42 Å². The van der Waals surface area contributed by atoms with E-state index in [9.17, 15) is 18.0 Å². The molecule has 0 aromatic heterocycles. The Bertz CT molecular complexity index is 1220. The van der Waals surface area contributed by atoms with E-state index in [2.05, 4.69) is 21.2 Å². The van der Waals surface area contributed by atoms with Gasteiger partial charge in [-0.2, -0.15) is 0 Å². The average Bonchev–Trinajstić information content (AvgIpc) is 2.88. The molecule has 2 aromatic carbocycles. The van der Waals surface area contributed by atoms with Crippen molar-refractivity contribution in [2.24, 2.45) is 0 Å². The molecule has 2 amide bonds. The molecule has 0 radical (unpaired) electrons. The number of carbonyl (C=O) groups excluding carboxylic acids is 2. The average molecular weight is 611 g/mol. The van der Waals surface area contributed by atoms with Gasteiger partial charge >= 0.3 is 0 Å². The smallest absolute Gasteiger partial charge is 0.242 e. The first-order chi connectivity index (χ1) is 18.1. The van der Waals surface area contributed by atoms with Crippen LogP contribution in [0.3, 0.4) is 0 Å². The molecule has 9 nitrogen and oxygen atoms in total. The van der Waals surface area contributed by atoms with Gasteiger partial charge in [-0.1, -0.05) is 41.4 Å². The summed E-state index contributed by atoms with van der Waals surface area (Å²) in [5.74, 6) is 0.620. The second-order valence-electron chi connectivity index (χ2n) is 9.24. The largest absolute Gasteiger partial charge is 0.486 e. The maximum absolute atomic E-state index is 13.4. The van der Waals surface area contributed by atoms with Crippen LogP contribution < -0.4 is 19.1 Å². The molecule has 2 aromatic rings. The van der Waals surface area contributed by atoms with Gasteiger partial charge < -0.3 is 19.7 Å². The van der Waals surface area contributed by atoms with Crippen LogP contribution in [0.5, 0.6) is 11.5 Å². The highest BCUT2D eigenvalue weighted by Crippen LogP contribution is 2.34. The third-order valence-corrected chi connectivity index (χ3v) is 7.89. The number of amides is 2. The predicted molar refractivity (Wildman–Crippen MR) is 151 cm³/mol. The Morgan fingerprint density at radius 2 is 1.82 bits per heavy atom. The van der Waals surface area contributed by atoms with E-state index >= 15 is 0 Å². The topological polar surface area (TPSA) is 105 Å². The summed E-state index contributed by atoms with van der Waals surface area (Å²) >= 11 is 3.46. The second kappa shape index (κ2) is 13.8. The van der Waals surface area contributed by atoms with Crippen molar-refractivity contribution < 1.29 is 27.5 Å². The lowest BCUT2D eigenvalue weighted by Gasteiger charge is -2.29. The van der Waals surface area contributed by atoms with Gasteiger partial charge in [0, 0.05) is 36.6 Å². The van der Waals surface area contributed by atoms with Crippen LogP contribution in [0.25, 0.3) is 0 Å². The first kappa shape index (κ1) is 29.8. The fourth-order valence-corrected chi connectivity index (χ4v) is 5.55. The molecule has 0 saturated carbocycles. The summed E-state index contributed by atoms with van der Waals surface area (Å²) in [6.07, 6.45) is 3.30. The Kier molecular flexibility index (Phi) is 10.8. The zero-order valence-electron chi connectivity index (χ0n) is 22.1. The summed E-state index contributed by atoms with van der Waals surface area (Å²) in [5, 5.41) is 2.90. The molecule has 1 aliphatic rings. The number of anilines is 1. The molecule has 1 aliphatic heterocycles. The van der Waals surface area contributed by atoms with E-state index in [1.165, 1.54) is 4.31 Å². The third-order valence-electron chi connectivity index (χ3n) is 6.20. The predicted octanol–water partition coefficient (Wildman–Crippen LogP) is 4.10. The van der Waals surface area contributed by atoms with Crippen LogP contribution in [0, 0.1) is 0 Å². The van der Waals surface area contributed by atoms with Gasteiger partial charge in [0.05, 0.1) is 11.9 Å². The number of carbonyl (C=O) groups is 2. The van der Waals surface area contributed by atoms with Gasteiger partial charge in [-0.05, 0) is 49.6 Å². The van der Waals surface area contributed by atoms with E-state index in [4.69, 9.17) is 9.47 Å². The highest BCUT2D eigenvalue weighted by Gasteiger charge is 2.27. The molecular formula is C27H36BrN3O6S. The molecule has 0 bridgehead atoms. The molecule has 0 saturated heterocycles. The van der Waals surface area contributed by atoms with E-state index < -0.39 is 16.1 Å². The number of ether oxygens (including phenoxy) is 2. The van der Waals surface area contributed by atoms with Crippen LogP contribution in [0.1, 0.15) is 45.1 Å². The summed E-state index contributed by atoms with van der Waals surface area (Å²) in [6.45, 7) is 5.51. The summed E-state index contributed by atoms with van der Waals surface area (Å²) in [4.78, 5) is 27.8. The van der Waals surface area contributed by atoms with Crippen molar-refractivity contribution in [2.45, 2.75) is 52.1 Å². The van der Waals surface area contributed by atoms with Crippen LogP contribution in [0.2, 0.25) is 0 Å². The maximum atomic E-state index is 13.4. The van der Waals surface area contributed by atoms with Crippen molar-refractivity contribution in [2.75, 3.05) is 36.9 Å². The van der Waals surface area contributed by atoms with E-state index in [1.54, 1.807) is 30.0 Å². The fraction of sp³-hybridized carbons (Fsp3) is 0.481. The van der Waals surface area contributed by atoms with Crippen molar-refractivity contribution in [1.29, 1.82) is 0 Å². The monoisotopic (exact) mass is 609 g/mol. The van der Waals surface area contributed by atoms with Gasteiger partial charge in [0.25, 0.3) is 0 Å². The van der Waals surface area contributed by atoms with Crippen molar-refractivity contribution >= 4 is 43.5 Å². The molecule has 1 heterocycles. The lowest BCUT2D eigenvalue weighted by molar-refractivity contribution is -0.140. The van der Waals surface area contributed by atoms with Gasteiger partial charge in [-0.15, -0.1) is 0 Å². The summed E-state index contributed by atoms with van der Waals surface area (Å²) in [6, 6.07) is 11.9. The van der Waals surface area contributed by atoms with Gasteiger partial charge in [0.15, 0.2) is 11.5 Å². The molecule has 0 aliphatic carbocycles. The Labute approximate surface area is 233 Å². The lowest BCUT2D eigenvalue weighted by atomic mass is 10.1. The zero-order valence-corrected chi connectivity index (χ0v) is 24.5. The quantitative estimate of drug-likeness (QED) is 0.343. The molecule has 0 spiro atoms. The molecule has 3 rings (SSSR count). The first-order valence-corrected chi connectivity index (χ1v) is 15.4. The second-order valence-corrected chi connectivity index (χ2v) is 12.1. The van der Waals surface area contributed by atoms with Crippen molar-refractivity contribution in [3.05, 3.63) is 52.5 Å². The number of unbranched alkanes of at least 4 members (excludes halogenated alkanes) is 1.